The molecule has 0 aliphatic heterocycles. The van der Waals surface area contributed by atoms with Crippen molar-refractivity contribution in [3.05, 3.63) is 60.1 Å². The molecule has 0 saturated heterocycles. The number of methoxy groups -OCH3 is 2. The average Bonchev–Trinajstić information content (AvgIpc) is 2.60. The summed E-state index contributed by atoms with van der Waals surface area (Å²) in [6.45, 7) is 1.74. The summed E-state index contributed by atoms with van der Waals surface area (Å²) in [5, 5.41) is 24.9. The minimum Gasteiger partial charge on any atom is -0.496 e. The number of nitrogens with zero attached hydrogens (tertiary/aromatic N) is 2. The van der Waals surface area contributed by atoms with Crippen LogP contribution in [0, 0.1) is 27.2 Å². The van der Waals surface area contributed by atoms with Crippen LogP contribution < -0.4 is 14.8 Å². The smallest absolute Gasteiger partial charge is 0.320 e. The molecule has 0 aliphatic rings. The highest BCUT2D eigenvalue weighted by atomic mass is 79.9. The number of anilines is 1. The predicted molar refractivity (Wildman–Crippen MR) is 99.7 cm³/mol. The zero-order chi connectivity index (χ0) is 20.3. The summed E-state index contributed by atoms with van der Waals surface area (Å²) in [4.78, 5) is 33.4. The Kier molecular flexibility index (Phi) is 5.95. The maximum atomic E-state index is 12.6. The molecule has 0 aliphatic carbocycles. The van der Waals surface area contributed by atoms with Gasteiger partial charge in [-0.25, -0.2) is 0 Å². The van der Waals surface area contributed by atoms with E-state index in [0.717, 1.165) is 19.2 Å². The van der Waals surface area contributed by atoms with Crippen molar-refractivity contribution in [1.29, 1.82) is 0 Å². The molecule has 0 bridgehead atoms. The normalized spacial score (nSPS) is 10.2. The van der Waals surface area contributed by atoms with Crippen LogP contribution in [0.5, 0.6) is 11.5 Å². The van der Waals surface area contributed by atoms with Crippen molar-refractivity contribution in [2.24, 2.45) is 0 Å². The SMILES string of the molecule is COc1c(C)cc(Br)cc1C(=O)Nc1cc([N+](=O)[O-])c(OC)c([N+](=O)[O-])c1. The molecule has 142 valence electrons. The zero-order valence-electron chi connectivity index (χ0n) is 14.4. The maximum absolute atomic E-state index is 12.6. The molecular weight excluding hydrogens is 426 g/mol. The lowest BCUT2D eigenvalue weighted by Crippen LogP contribution is -2.14. The van der Waals surface area contributed by atoms with Crippen LogP contribution in [-0.2, 0) is 0 Å². The summed E-state index contributed by atoms with van der Waals surface area (Å²) in [7, 11) is 2.48. The first kappa shape index (κ1) is 20.1. The highest BCUT2D eigenvalue weighted by Crippen LogP contribution is 2.39. The van der Waals surface area contributed by atoms with Crippen LogP contribution in [0.25, 0.3) is 0 Å². The monoisotopic (exact) mass is 439 g/mol. The Labute approximate surface area is 161 Å². The number of amides is 1. The fourth-order valence-corrected chi connectivity index (χ4v) is 3.09. The third-order valence-electron chi connectivity index (χ3n) is 3.59. The van der Waals surface area contributed by atoms with Gasteiger partial charge in [0.05, 0.1) is 35.3 Å². The molecule has 0 aromatic heterocycles. The molecule has 0 heterocycles. The molecule has 2 aromatic carbocycles. The van der Waals surface area contributed by atoms with Crippen LogP contribution in [0.4, 0.5) is 17.1 Å². The van der Waals surface area contributed by atoms with Crippen molar-refractivity contribution in [2.45, 2.75) is 6.92 Å². The quantitative estimate of drug-likeness (QED) is 0.533. The Morgan fingerprint density at radius 2 is 1.52 bits per heavy atom. The Morgan fingerprint density at radius 1 is 1.00 bits per heavy atom. The van der Waals surface area contributed by atoms with Gasteiger partial charge in [-0.15, -0.1) is 0 Å². The second-order valence-corrected chi connectivity index (χ2v) is 6.24. The molecule has 0 atom stereocenters. The highest BCUT2D eigenvalue weighted by molar-refractivity contribution is 9.10. The van der Waals surface area contributed by atoms with Gasteiger partial charge in [0.15, 0.2) is 0 Å². The number of nitro benzene ring substituents is 2. The van der Waals surface area contributed by atoms with Crippen LogP contribution in [0.15, 0.2) is 28.7 Å². The third kappa shape index (κ3) is 4.14. The summed E-state index contributed by atoms with van der Waals surface area (Å²) in [5.41, 5.74) is -0.563. The second kappa shape index (κ2) is 7.99. The highest BCUT2D eigenvalue weighted by Gasteiger charge is 2.29. The summed E-state index contributed by atoms with van der Waals surface area (Å²) in [6, 6.07) is 5.23. The summed E-state index contributed by atoms with van der Waals surface area (Å²) in [6.07, 6.45) is 0. The van der Waals surface area contributed by atoms with Gasteiger partial charge in [0.1, 0.15) is 5.75 Å². The van der Waals surface area contributed by atoms with Crippen molar-refractivity contribution in [2.75, 3.05) is 19.5 Å². The molecule has 0 radical (unpaired) electrons. The van der Waals surface area contributed by atoms with E-state index in [9.17, 15) is 25.0 Å². The molecule has 1 amide bonds. The summed E-state index contributed by atoms with van der Waals surface area (Å²) < 4.78 is 10.6. The second-order valence-electron chi connectivity index (χ2n) is 5.32. The van der Waals surface area contributed by atoms with Gasteiger partial charge < -0.3 is 14.8 Å². The third-order valence-corrected chi connectivity index (χ3v) is 4.05. The summed E-state index contributed by atoms with van der Waals surface area (Å²) >= 11 is 3.28. The van der Waals surface area contributed by atoms with Crippen LogP contribution in [0.3, 0.4) is 0 Å². The van der Waals surface area contributed by atoms with Crippen LogP contribution in [-0.4, -0.2) is 30.0 Å². The zero-order valence-corrected chi connectivity index (χ0v) is 16.0. The van der Waals surface area contributed by atoms with Gasteiger partial charge in [-0.3, -0.25) is 25.0 Å². The topological polar surface area (TPSA) is 134 Å². The van der Waals surface area contributed by atoms with Crippen LogP contribution >= 0.6 is 15.9 Å². The van der Waals surface area contributed by atoms with Gasteiger partial charge >= 0.3 is 11.4 Å². The van der Waals surface area contributed by atoms with E-state index in [2.05, 4.69) is 21.2 Å². The Bertz CT molecular complexity index is 911. The maximum Gasteiger partial charge on any atom is 0.320 e. The minimum absolute atomic E-state index is 0.126. The van der Waals surface area contributed by atoms with Crippen molar-refractivity contribution in [1.82, 2.24) is 0 Å². The van der Waals surface area contributed by atoms with E-state index in [1.165, 1.54) is 13.2 Å². The lowest BCUT2D eigenvalue weighted by molar-refractivity contribution is -0.395. The number of aryl methyl sites for hydroxylation is 1. The number of carbonyl (C=O) groups excluding carboxylic acids is 1. The molecule has 1 N–H and O–H groups in total. The Morgan fingerprint density at radius 3 is 1.96 bits per heavy atom. The standard InChI is InChI=1S/C16H14BrN3O7/c1-8-4-9(17)5-11(14(8)26-2)16(21)18-10-6-12(19(22)23)15(27-3)13(7-10)20(24)25/h4-7H,1-3H3,(H,18,21). The van der Waals surface area contributed by atoms with Crippen molar-refractivity contribution < 1.29 is 24.1 Å². The number of hydrogen-bond acceptors (Lipinski definition) is 7. The van der Waals surface area contributed by atoms with Gasteiger partial charge in [-0.2, -0.15) is 0 Å². The largest absolute Gasteiger partial charge is 0.496 e. The average molecular weight is 440 g/mol. The van der Waals surface area contributed by atoms with Gasteiger partial charge in [0, 0.05) is 16.6 Å². The molecule has 27 heavy (non-hydrogen) atoms. The lowest BCUT2D eigenvalue weighted by atomic mass is 10.1. The molecule has 0 spiro atoms. The number of ether oxygens (including phenoxy) is 2. The number of carbonyl (C=O) groups is 1. The van der Waals surface area contributed by atoms with E-state index in [4.69, 9.17) is 9.47 Å². The Balaban J connectivity index is 2.53. The lowest BCUT2D eigenvalue weighted by Gasteiger charge is -2.13. The molecule has 2 aromatic rings. The van der Waals surface area contributed by atoms with Crippen LogP contribution in [0.1, 0.15) is 15.9 Å². The van der Waals surface area contributed by atoms with E-state index in [1.807, 2.05) is 0 Å². The molecule has 11 heteroatoms. The first-order chi connectivity index (χ1) is 12.7. The fraction of sp³-hybridized carbons (Fsp3) is 0.188. The molecule has 0 unspecified atom stereocenters. The van der Waals surface area contributed by atoms with Gasteiger partial charge in [-0.05, 0) is 24.6 Å². The minimum atomic E-state index is -0.828. The van der Waals surface area contributed by atoms with Crippen molar-refractivity contribution >= 4 is 38.9 Å². The number of rotatable bonds is 6. The molecule has 0 saturated carbocycles. The van der Waals surface area contributed by atoms with Crippen molar-refractivity contribution in [3.63, 3.8) is 0 Å². The molecular formula is C16H14BrN3O7. The number of benzene rings is 2. The fourth-order valence-electron chi connectivity index (χ4n) is 2.52. The molecule has 2 rings (SSSR count). The molecule has 0 fully saturated rings. The van der Waals surface area contributed by atoms with Crippen LogP contribution in [0.2, 0.25) is 0 Å². The van der Waals surface area contributed by atoms with E-state index in [-0.39, 0.29) is 11.3 Å². The van der Waals surface area contributed by atoms with E-state index < -0.39 is 32.9 Å². The van der Waals surface area contributed by atoms with Gasteiger partial charge in [0.25, 0.3) is 11.7 Å². The number of nitrogens with one attached hydrogen (secondary N) is 1. The number of halogens is 1. The van der Waals surface area contributed by atoms with Crippen molar-refractivity contribution in [3.8, 4) is 11.5 Å². The first-order valence-corrected chi connectivity index (χ1v) is 8.15. The van der Waals surface area contributed by atoms with E-state index in [1.54, 1.807) is 13.0 Å². The number of nitro groups is 2. The predicted octanol–water partition coefficient (Wildman–Crippen LogP) is 3.84. The van der Waals surface area contributed by atoms with E-state index >= 15 is 0 Å². The summed E-state index contributed by atoms with van der Waals surface area (Å²) in [5.74, 6) is -0.836. The van der Waals surface area contributed by atoms with E-state index in [0.29, 0.717) is 15.8 Å². The number of hydrogen-bond donors (Lipinski definition) is 1. The van der Waals surface area contributed by atoms with Gasteiger partial charge in [-0.1, -0.05) is 15.9 Å². The first-order valence-electron chi connectivity index (χ1n) is 7.35. The molecule has 10 nitrogen and oxygen atoms in total. The Hall–Kier alpha value is -3.21. The van der Waals surface area contributed by atoms with Gasteiger partial charge in [0.2, 0.25) is 0 Å².